The Balaban J connectivity index is 0.00000162. The fourth-order valence-electron chi connectivity index (χ4n) is 2.88. The van der Waals surface area contributed by atoms with E-state index in [9.17, 15) is 13.2 Å². The lowest BCUT2D eigenvalue weighted by atomic mass is 9.79. The van der Waals surface area contributed by atoms with Gasteiger partial charge in [0, 0.05) is 31.3 Å². The first-order valence-electron chi connectivity index (χ1n) is 6.07. The number of piperidine rings is 1. The summed E-state index contributed by atoms with van der Waals surface area (Å²) in [4.78, 5) is 13.6. The second-order valence-corrected chi connectivity index (χ2v) is 7.56. The molecule has 2 heterocycles. The van der Waals surface area contributed by atoms with Gasteiger partial charge in [-0.2, -0.15) is 0 Å². The normalized spacial score (nSPS) is 28.2. The molecule has 1 unspecified atom stereocenters. The van der Waals surface area contributed by atoms with E-state index in [1.807, 2.05) is 0 Å². The lowest BCUT2D eigenvalue weighted by molar-refractivity contribution is -0.131. The highest BCUT2D eigenvalue weighted by molar-refractivity contribution is 7.91. The Labute approximate surface area is 115 Å². The minimum atomic E-state index is -3.21. The fourth-order valence-corrected chi connectivity index (χ4v) is 3.51. The summed E-state index contributed by atoms with van der Waals surface area (Å²) in [5.41, 5.74) is 0.200. The Morgan fingerprint density at radius 3 is 2.67 bits per heavy atom. The molecular weight excluding hydrogens is 276 g/mol. The van der Waals surface area contributed by atoms with E-state index in [0.29, 0.717) is 13.1 Å². The van der Waals surface area contributed by atoms with E-state index in [1.54, 1.807) is 4.90 Å². The van der Waals surface area contributed by atoms with Crippen molar-refractivity contribution in [2.45, 2.75) is 19.3 Å². The van der Waals surface area contributed by atoms with Crippen LogP contribution in [-0.4, -0.2) is 57.4 Å². The molecule has 2 saturated heterocycles. The van der Waals surface area contributed by atoms with Crippen LogP contribution in [0.3, 0.4) is 0 Å². The van der Waals surface area contributed by atoms with Gasteiger partial charge in [0.25, 0.3) is 0 Å². The zero-order valence-corrected chi connectivity index (χ0v) is 12.3. The van der Waals surface area contributed by atoms with Crippen molar-refractivity contribution in [2.24, 2.45) is 5.41 Å². The molecule has 0 aromatic rings. The molecule has 0 aromatic carbocycles. The third-order valence-corrected chi connectivity index (χ3v) is 4.50. The zero-order chi connectivity index (χ0) is 12.5. The number of carbonyl (C=O) groups is 1. The van der Waals surface area contributed by atoms with E-state index in [2.05, 4.69) is 5.32 Å². The van der Waals surface area contributed by atoms with Crippen molar-refractivity contribution in [2.75, 3.05) is 38.2 Å². The van der Waals surface area contributed by atoms with Crippen LogP contribution in [0.2, 0.25) is 0 Å². The minimum absolute atomic E-state index is 0. The molecule has 106 valence electrons. The van der Waals surface area contributed by atoms with Crippen molar-refractivity contribution in [3.05, 3.63) is 0 Å². The summed E-state index contributed by atoms with van der Waals surface area (Å²) in [6.07, 6.45) is 4.33. The molecule has 1 atom stereocenters. The van der Waals surface area contributed by atoms with Crippen LogP contribution < -0.4 is 5.32 Å². The van der Waals surface area contributed by atoms with Crippen molar-refractivity contribution >= 4 is 28.2 Å². The molecule has 2 rings (SSSR count). The van der Waals surface area contributed by atoms with Crippen LogP contribution in [0, 0.1) is 5.41 Å². The molecule has 2 aliphatic rings. The van der Waals surface area contributed by atoms with Gasteiger partial charge in [0.1, 0.15) is 5.75 Å². The molecule has 1 spiro atoms. The van der Waals surface area contributed by atoms with Gasteiger partial charge in [-0.1, -0.05) is 0 Å². The second kappa shape index (κ2) is 5.75. The predicted molar refractivity (Wildman–Crippen MR) is 72.7 cm³/mol. The summed E-state index contributed by atoms with van der Waals surface area (Å²) in [5.74, 6) is -0.588. The number of sulfone groups is 1. The number of halogens is 1. The largest absolute Gasteiger partial charge is 0.341 e. The van der Waals surface area contributed by atoms with Crippen molar-refractivity contribution in [1.29, 1.82) is 0 Å². The highest BCUT2D eigenvalue weighted by atomic mass is 35.5. The van der Waals surface area contributed by atoms with Gasteiger partial charge in [0.05, 0.1) is 0 Å². The van der Waals surface area contributed by atoms with Gasteiger partial charge in [-0.25, -0.2) is 8.42 Å². The Morgan fingerprint density at radius 1 is 1.39 bits per heavy atom. The number of carbonyl (C=O) groups excluding carboxylic acids is 1. The van der Waals surface area contributed by atoms with Crippen LogP contribution in [-0.2, 0) is 14.6 Å². The van der Waals surface area contributed by atoms with E-state index >= 15 is 0 Å². The van der Waals surface area contributed by atoms with Crippen LogP contribution in [0.25, 0.3) is 0 Å². The average Bonchev–Trinajstić information content (AvgIpc) is 2.64. The number of rotatable bonds is 2. The van der Waals surface area contributed by atoms with Gasteiger partial charge in [-0.05, 0) is 25.8 Å². The Hall–Kier alpha value is -0.330. The fraction of sp³-hybridized carbons (Fsp3) is 0.909. The first-order valence-corrected chi connectivity index (χ1v) is 8.13. The standard InChI is InChI=1S/C11H20N2O3S.ClH/c1-17(15,16)7-10(14)13-6-2-3-11(9-13)4-5-12-8-11;/h12H,2-9H2,1H3;1H. The first-order chi connectivity index (χ1) is 7.90. The second-order valence-electron chi connectivity index (χ2n) is 5.42. The highest BCUT2D eigenvalue weighted by Crippen LogP contribution is 2.35. The van der Waals surface area contributed by atoms with Gasteiger partial charge in [0.2, 0.25) is 5.91 Å². The average molecular weight is 297 g/mol. The molecule has 18 heavy (non-hydrogen) atoms. The maximum absolute atomic E-state index is 11.9. The quantitative estimate of drug-likeness (QED) is 0.782. The van der Waals surface area contributed by atoms with Crippen molar-refractivity contribution < 1.29 is 13.2 Å². The third-order valence-electron chi connectivity index (χ3n) is 3.73. The van der Waals surface area contributed by atoms with Gasteiger partial charge < -0.3 is 10.2 Å². The molecule has 0 saturated carbocycles. The summed E-state index contributed by atoms with van der Waals surface area (Å²) in [6, 6.07) is 0. The molecule has 1 amide bonds. The molecule has 7 heteroatoms. The first kappa shape index (κ1) is 15.7. The van der Waals surface area contributed by atoms with Crippen LogP contribution in [0.15, 0.2) is 0 Å². The van der Waals surface area contributed by atoms with Gasteiger partial charge in [-0.3, -0.25) is 4.79 Å². The molecule has 1 N–H and O–H groups in total. The topological polar surface area (TPSA) is 66.5 Å². The van der Waals surface area contributed by atoms with E-state index in [0.717, 1.165) is 38.6 Å². The SMILES string of the molecule is CS(=O)(=O)CC(=O)N1CCCC2(CCNC2)C1.Cl. The summed E-state index contributed by atoms with van der Waals surface area (Å²) < 4.78 is 22.3. The van der Waals surface area contributed by atoms with E-state index in [-0.39, 0.29) is 29.5 Å². The molecule has 5 nitrogen and oxygen atoms in total. The van der Waals surface area contributed by atoms with Crippen molar-refractivity contribution in [3.63, 3.8) is 0 Å². The number of amides is 1. The van der Waals surface area contributed by atoms with Crippen LogP contribution in [0.4, 0.5) is 0 Å². The van der Waals surface area contributed by atoms with Crippen molar-refractivity contribution in [3.8, 4) is 0 Å². The predicted octanol–water partition coefficient (Wildman–Crippen LogP) is 0.0549. The lowest BCUT2D eigenvalue weighted by Gasteiger charge is -2.40. The number of hydrogen-bond donors (Lipinski definition) is 1. The molecule has 2 fully saturated rings. The van der Waals surface area contributed by atoms with Crippen LogP contribution in [0.1, 0.15) is 19.3 Å². The molecule has 0 aliphatic carbocycles. The number of nitrogens with one attached hydrogen (secondary N) is 1. The third kappa shape index (κ3) is 3.83. The number of likely N-dealkylation sites (tertiary alicyclic amines) is 1. The maximum Gasteiger partial charge on any atom is 0.237 e. The van der Waals surface area contributed by atoms with E-state index in [4.69, 9.17) is 0 Å². The Morgan fingerprint density at radius 2 is 2.11 bits per heavy atom. The van der Waals surface area contributed by atoms with Gasteiger partial charge in [0.15, 0.2) is 9.84 Å². The molecule has 0 aromatic heterocycles. The molecule has 2 aliphatic heterocycles. The minimum Gasteiger partial charge on any atom is -0.341 e. The summed E-state index contributed by atoms with van der Waals surface area (Å²) >= 11 is 0. The summed E-state index contributed by atoms with van der Waals surface area (Å²) in [5, 5.41) is 3.33. The van der Waals surface area contributed by atoms with Crippen LogP contribution in [0.5, 0.6) is 0 Å². The summed E-state index contributed by atoms with van der Waals surface area (Å²) in [7, 11) is -3.21. The maximum atomic E-state index is 11.9. The van der Waals surface area contributed by atoms with Crippen LogP contribution >= 0.6 is 12.4 Å². The number of hydrogen-bond acceptors (Lipinski definition) is 4. The van der Waals surface area contributed by atoms with Gasteiger partial charge >= 0.3 is 0 Å². The highest BCUT2D eigenvalue weighted by Gasteiger charge is 2.39. The Kier molecular flexibility index (Phi) is 5.03. The van der Waals surface area contributed by atoms with Crippen molar-refractivity contribution in [1.82, 2.24) is 10.2 Å². The Bertz CT molecular complexity index is 405. The zero-order valence-electron chi connectivity index (χ0n) is 10.6. The monoisotopic (exact) mass is 296 g/mol. The van der Waals surface area contributed by atoms with E-state index < -0.39 is 9.84 Å². The van der Waals surface area contributed by atoms with Gasteiger partial charge in [-0.15, -0.1) is 12.4 Å². The molecule has 0 bridgehead atoms. The summed E-state index contributed by atoms with van der Waals surface area (Å²) in [6.45, 7) is 3.38. The molecular formula is C11H21ClN2O3S. The number of nitrogens with zero attached hydrogens (tertiary/aromatic N) is 1. The molecule has 0 radical (unpaired) electrons. The van der Waals surface area contributed by atoms with E-state index in [1.165, 1.54) is 0 Å². The lowest BCUT2D eigenvalue weighted by Crippen LogP contribution is -2.48. The smallest absolute Gasteiger partial charge is 0.237 e.